The molecule has 0 saturated heterocycles. The molecule has 0 saturated carbocycles. The molecule has 2 heterocycles. The molecule has 0 aliphatic heterocycles. The fourth-order valence-electron chi connectivity index (χ4n) is 3.48. The fraction of sp³-hybridized carbons (Fsp3) is 0.143. The fourth-order valence-corrected chi connectivity index (χ4v) is 3.48. The predicted octanol–water partition coefficient (Wildman–Crippen LogP) is 4.99. The van der Waals surface area contributed by atoms with Gasteiger partial charge in [0.15, 0.2) is 0 Å². The van der Waals surface area contributed by atoms with Crippen LogP contribution in [0, 0.1) is 11.3 Å². The number of nitriles is 1. The normalized spacial score (nSPS) is 11.1. The van der Waals surface area contributed by atoms with Crippen molar-refractivity contribution in [3.8, 4) is 23.4 Å². The summed E-state index contributed by atoms with van der Waals surface area (Å²) in [6.07, 6.45) is 3.64. The molecule has 180 valence electrons. The minimum atomic E-state index is -0.669. The van der Waals surface area contributed by atoms with Gasteiger partial charge in [-0.3, -0.25) is 14.0 Å². The lowest BCUT2D eigenvalue weighted by Crippen LogP contribution is -2.20. The molecule has 0 radical (unpaired) electrons. The van der Waals surface area contributed by atoms with E-state index in [1.807, 2.05) is 32.0 Å². The van der Waals surface area contributed by atoms with Crippen LogP contribution in [0.4, 0.5) is 5.69 Å². The second-order valence-electron chi connectivity index (χ2n) is 7.75. The van der Waals surface area contributed by atoms with E-state index in [-0.39, 0.29) is 17.0 Å². The van der Waals surface area contributed by atoms with Crippen molar-refractivity contribution >= 4 is 23.3 Å². The van der Waals surface area contributed by atoms with Gasteiger partial charge in [-0.05, 0) is 73.5 Å². The van der Waals surface area contributed by atoms with E-state index in [4.69, 9.17) is 9.47 Å². The number of carbonyl (C=O) groups excluding carboxylic acids is 1. The summed E-state index contributed by atoms with van der Waals surface area (Å²) in [6, 6.07) is 21.2. The second kappa shape index (κ2) is 11.0. The molecule has 0 bridgehead atoms. The number of aryl methyl sites for hydroxylation is 1. The van der Waals surface area contributed by atoms with E-state index in [9.17, 15) is 14.9 Å². The van der Waals surface area contributed by atoms with Crippen LogP contribution in [0.2, 0.25) is 0 Å². The van der Waals surface area contributed by atoms with E-state index >= 15 is 0 Å². The first-order chi connectivity index (χ1) is 17.5. The molecule has 0 spiro atoms. The molecule has 8 heteroatoms. The van der Waals surface area contributed by atoms with Crippen molar-refractivity contribution in [3.63, 3.8) is 0 Å². The average Bonchev–Trinajstić information content (AvgIpc) is 2.90. The summed E-state index contributed by atoms with van der Waals surface area (Å²) in [5.74, 6) is 0.469. The van der Waals surface area contributed by atoms with Crippen LogP contribution in [0.3, 0.4) is 0 Å². The molecule has 2 aromatic carbocycles. The number of ether oxygens (including phenoxy) is 2. The average molecular weight is 481 g/mol. The van der Waals surface area contributed by atoms with Crippen LogP contribution in [0.25, 0.3) is 11.7 Å². The maximum Gasteiger partial charge on any atom is 0.269 e. The van der Waals surface area contributed by atoms with Gasteiger partial charge in [-0.1, -0.05) is 25.1 Å². The molecule has 8 nitrogen and oxygen atoms in total. The Morgan fingerprint density at radius 2 is 1.78 bits per heavy atom. The van der Waals surface area contributed by atoms with Crippen molar-refractivity contribution in [2.75, 3.05) is 11.9 Å². The first kappa shape index (κ1) is 24.2. The molecule has 0 unspecified atom stereocenters. The number of amides is 1. The molecular weight excluding hydrogens is 456 g/mol. The van der Waals surface area contributed by atoms with Crippen LogP contribution in [-0.2, 0) is 11.2 Å². The Bertz CT molecular complexity index is 1510. The SMILES string of the molecule is CCOc1ccc(NC(=O)/C(C#N)=C/c2c(Oc3ccc(CC)cc3)nc3ccccn3c2=O)cc1. The van der Waals surface area contributed by atoms with E-state index in [2.05, 4.69) is 10.3 Å². The third-order valence-electron chi connectivity index (χ3n) is 5.36. The van der Waals surface area contributed by atoms with Crippen LogP contribution < -0.4 is 20.3 Å². The highest BCUT2D eigenvalue weighted by molar-refractivity contribution is 6.09. The van der Waals surface area contributed by atoms with Crippen molar-refractivity contribution in [1.29, 1.82) is 5.26 Å². The lowest BCUT2D eigenvalue weighted by molar-refractivity contribution is -0.112. The van der Waals surface area contributed by atoms with Crippen molar-refractivity contribution < 1.29 is 14.3 Å². The molecule has 0 atom stereocenters. The van der Waals surface area contributed by atoms with E-state index in [1.165, 1.54) is 10.5 Å². The van der Waals surface area contributed by atoms with Gasteiger partial charge in [0.05, 0.1) is 6.61 Å². The quantitative estimate of drug-likeness (QED) is 0.281. The Kier molecular flexibility index (Phi) is 7.42. The number of rotatable bonds is 8. The first-order valence-electron chi connectivity index (χ1n) is 11.5. The first-order valence-corrected chi connectivity index (χ1v) is 11.5. The summed E-state index contributed by atoms with van der Waals surface area (Å²) in [5, 5.41) is 12.4. The molecular formula is C28H24N4O4. The largest absolute Gasteiger partial charge is 0.494 e. The van der Waals surface area contributed by atoms with Gasteiger partial charge < -0.3 is 14.8 Å². The number of hydrogen-bond acceptors (Lipinski definition) is 6. The third-order valence-corrected chi connectivity index (χ3v) is 5.36. The van der Waals surface area contributed by atoms with Gasteiger partial charge in [-0.15, -0.1) is 0 Å². The molecule has 4 rings (SSSR count). The number of fused-ring (bicyclic) bond motifs is 1. The van der Waals surface area contributed by atoms with Gasteiger partial charge in [0.1, 0.15) is 34.4 Å². The monoisotopic (exact) mass is 480 g/mol. The van der Waals surface area contributed by atoms with Gasteiger partial charge in [0, 0.05) is 11.9 Å². The smallest absolute Gasteiger partial charge is 0.269 e. The molecule has 0 aliphatic carbocycles. The molecule has 36 heavy (non-hydrogen) atoms. The Balaban J connectivity index is 1.72. The third kappa shape index (κ3) is 5.42. The Morgan fingerprint density at radius 1 is 1.06 bits per heavy atom. The van der Waals surface area contributed by atoms with Crippen molar-refractivity contribution in [2.45, 2.75) is 20.3 Å². The Labute approximate surface area is 208 Å². The van der Waals surface area contributed by atoms with E-state index in [0.29, 0.717) is 29.4 Å². The highest BCUT2D eigenvalue weighted by Gasteiger charge is 2.17. The summed E-state index contributed by atoms with van der Waals surface area (Å²) < 4.78 is 12.7. The number of nitrogens with one attached hydrogen (secondary N) is 1. The zero-order valence-corrected chi connectivity index (χ0v) is 19.9. The summed E-state index contributed by atoms with van der Waals surface area (Å²) in [4.78, 5) is 30.7. The maximum absolute atomic E-state index is 13.3. The number of carbonyl (C=O) groups is 1. The number of aromatic nitrogens is 2. The maximum atomic E-state index is 13.3. The van der Waals surface area contributed by atoms with Gasteiger partial charge in [0.2, 0.25) is 5.88 Å². The van der Waals surface area contributed by atoms with Gasteiger partial charge >= 0.3 is 0 Å². The van der Waals surface area contributed by atoms with E-state index in [0.717, 1.165) is 12.0 Å². The number of anilines is 1. The molecule has 1 amide bonds. The standard InChI is InChI=1S/C28H24N4O4/c1-3-19-8-12-23(13-9-19)36-27-24(28(34)32-16-6-5-7-25(32)31-27)17-20(18-29)26(33)30-21-10-14-22(15-11-21)35-4-2/h5-17H,3-4H2,1-2H3,(H,30,33)/b20-17+. The summed E-state index contributed by atoms with van der Waals surface area (Å²) in [5.41, 5.74) is 1.22. The molecule has 0 fully saturated rings. The van der Waals surface area contributed by atoms with Gasteiger partial charge in [-0.25, -0.2) is 0 Å². The van der Waals surface area contributed by atoms with Crippen molar-refractivity contribution in [2.24, 2.45) is 0 Å². The van der Waals surface area contributed by atoms with Gasteiger partial charge in [0.25, 0.3) is 11.5 Å². The van der Waals surface area contributed by atoms with Crippen LogP contribution >= 0.6 is 0 Å². The minimum absolute atomic E-state index is 0.00272. The zero-order valence-electron chi connectivity index (χ0n) is 19.9. The van der Waals surface area contributed by atoms with Crippen LogP contribution in [-0.4, -0.2) is 21.9 Å². The molecule has 1 N–H and O–H groups in total. The summed E-state index contributed by atoms with van der Waals surface area (Å²) in [6.45, 7) is 4.45. The Morgan fingerprint density at radius 3 is 2.44 bits per heavy atom. The van der Waals surface area contributed by atoms with Crippen molar-refractivity contribution in [3.05, 3.63) is 100.0 Å². The highest BCUT2D eigenvalue weighted by atomic mass is 16.5. The summed E-state index contributed by atoms with van der Waals surface area (Å²) >= 11 is 0. The lowest BCUT2D eigenvalue weighted by Gasteiger charge is -2.11. The number of pyridine rings is 1. The molecule has 0 aliphatic rings. The second-order valence-corrected chi connectivity index (χ2v) is 7.75. The number of benzene rings is 2. The predicted molar refractivity (Wildman–Crippen MR) is 137 cm³/mol. The van der Waals surface area contributed by atoms with Gasteiger partial charge in [-0.2, -0.15) is 10.2 Å². The van der Waals surface area contributed by atoms with E-state index < -0.39 is 11.5 Å². The highest BCUT2D eigenvalue weighted by Crippen LogP contribution is 2.25. The van der Waals surface area contributed by atoms with Crippen LogP contribution in [0.5, 0.6) is 17.4 Å². The van der Waals surface area contributed by atoms with Crippen molar-refractivity contribution in [1.82, 2.24) is 9.38 Å². The lowest BCUT2D eigenvalue weighted by atomic mass is 10.1. The molecule has 2 aromatic heterocycles. The molecule has 4 aromatic rings. The topological polar surface area (TPSA) is 106 Å². The number of hydrogen-bond donors (Lipinski definition) is 1. The van der Waals surface area contributed by atoms with Crippen LogP contribution in [0.15, 0.2) is 83.3 Å². The zero-order chi connectivity index (χ0) is 25.5. The van der Waals surface area contributed by atoms with E-state index in [1.54, 1.807) is 60.8 Å². The Hall–Kier alpha value is -4.90. The number of nitrogens with zero attached hydrogens (tertiary/aromatic N) is 3. The van der Waals surface area contributed by atoms with Crippen LogP contribution in [0.1, 0.15) is 25.0 Å². The summed E-state index contributed by atoms with van der Waals surface area (Å²) in [7, 11) is 0. The minimum Gasteiger partial charge on any atom is -0.494 e.